The summed E-state index contributed by atoms with van der Waals surface area (Å²) in [7, 11) is 2.99. The maximum absolute atomic E-state index is 11.1. The van der Waals surface area contributed by atoms with Crippen LogP contribution in [0.1, 0.15) is 12.8 Å². The molecule has 1 aromatic rings. The van der Waals surface area contributed by atoms with Gasteiger partial charge >= 0.3 is 0 Å². The van der Waals surface area contributed by atoms with Crippen molar-refractivity contribution in [3.8, 4) is 11.5 Å². The second kappa shape index (κ2) is 5.12. The Morgan fingerprint density at radius 2 is 1.72 bits per heavy atom. The standard InChI is InChI=1S/C12H16N2O4/c1-17-11-7-9(13-5-3-4-6-13)10(14(15)16)8-12(11)18-2/h7-8H,3-6H2,1-2H3. The fourth-order valence-electron chi connectivity index (χ4n) is 2.22. The molecule has 1 saturated heterocycles. The number of nitrogens with zero attached hydrogens (tertiary/aromatic N) is 2. The molecule has 18 heavy (non-hydrogen) atoms. The monoisotopic (exact) mass is 252 g/mol. The van der Waals surface area contributed by atoms with E-state index in [4.69, 9.17) is 9.47 Å². The van der Waals surface area contributed by atoms with Crippen molar-refractivity contribution in [2.45, 2.75) is 12.8 Å². The van der Waals surface area contributed by atoms with E-state index < -0.39 is 0 Å². The lowest BCUT2D eigenvalue weighted by molar-refractivity contribution is -0.384. The highest BCUT2D eigenvalue weighted by molar-refractivity contribution is 5.70. The fourth-order valence-corrected chi connectivity index (χ4v) is 2.22. The first-order valence-corrected chi connectivity index (χ1v) is 5.82. The van der Waals surface area contributed by atoms with E-state index in [9.17, 15) is 10.1 Å². The molecule has 1 fully saturated rings. The molecular weight excluding hydrogens is 236 g/mol. The molecule has 98 valence electrons. The highest BCUT2D eigenvalue weighted by Gasteiger charge is 2.25. The Morgan fingerprint density at radius 3 is 2.22 bits per heavy atom. The van der Waals surface area contributed by atoms with E-state index in [0.29, 0.717) is 17.2 Å². The molecule has 1 heterocycles. The van der Waals surface area contributed by atoms with Gasteiger partial charge in [-0.3, -0.25) is 10.1 Å². The largest absolute Gasteiger partial charge is 0.493 e. The summed E-state index contributed by atoms with van der Waals surface area (Å²) in [4.78, 5) is 12.8. The topological polar surface area (TPSA) is 64.8 Å². The zero-order valence-electron chi connectivity index (χ0n) is 10.5. The van der Waals surface area contributed by atoms with E-state index in [2.05, 4.69) is 0 Å². The van der Waals surface area contributed by atoms with Crippen LogP contribution in [0.2, 0.25) is 0 Å². The summed E-state index contributed by atoms with van der Waals surface area (Å²) in [6.07, 6.45) is 2.12. The van der Waals surface area contributed by atoms with Crippen LogP contribution >= 0.6 is 0 Å². The molecular formula is C12H16N2O4. The zero-order chi connectivity index (χ0) is 13.1. The number of benzene rings is 1. The van der Waals surface area contributed by atoms with Gasteiger partial charge in [-0.05, 0) is 12.8 Å². The molecule has 0 radical (unpaired) electrons. The molecule has 6 nitrogen and oxygen atoms in total. The van der Waals surface area contributed by atoms with Crippen LogP contribution in [-0.4, -0.2) is 32.2 Å². The molecule has 0 amide bonds. The van der Waals surface area contributed by atoms with Crippen molar-refractivity contribution in [3.63, 3.8) is 0 Å². The first-order chi connectivity index (χ1) is 8.67. The Bertz CT molecular complexity index is 456. The van der Waals surface area contributed by atoms with Crippen molar-refractivity contribution in [1.29, 1.82) is 0 Å². The van der Waals surface area contributed by atoms with Gasteiger partial charge < -0.3 is 14.4 Å². The molecule has 0 aromatic heterocycles. The maximum atomic E-state index is 11.1. The number of hydrogen-bond acceptors (Lipinski definition) is 5. The van der Waals surface area contributed by atoms with Crippen LogP contribution in [0, 0.1) is 10.1 Å². The minimum atomic E-state index is -0.379. The summed E-state index contributed by atoms with van der Waals surface area (Å²) in [5.41, 5.74) is 0.671. The molecule has 0 N–H and O–H groups in total. The Balaban J connectivity index is 2.50. The molecule has 0 unspecified atom stereocenters. The number of nitro groups is 1. The summed E-state index contributed by atoms with van der Waals surface area (Å²) in [6, 6.07) is 3.11. The van der Waals surface area contributed by atoms with Gasteiger partial charge in [0.2, 0.25) is 0 Å². The minimum absolute atomic E-state index is 0.0644. The normalized spacial score (nSPS) is 14.7. The number of anilines is 1. The third kappa shape index (κ3) is 2.18. The molecule has 0 bridgehead atoms. The maximum Gasteiger partial charge on any atom is 0.296 e. The summed E-state index contributed by atoms with van der Waals surface area (Å²) in [5, 5.41) is 11.1. The van der Waals surface area contributed by atoms with E-state index >= 15 is 0 Å². The Kier molecular flexibility index (Phi) is 3.55. The molecule has 1 aliphatic rings. The van der Waals surface area contributed by atoms with Crippen LogP contribution in [0.5, 0.6) is 11.5 Å². The summed E-state index contributed by atoms with van der Waals surface area (Å²) in [6.45, 7) is 1.69. The van der Waals surface area contributed by atoms with Crippen LogP contribution in [0.25, 0.3) is 0 Å². The Morgan fingerprint density at radius 1 is 1.17 bits per heavy atom. The van der Waals surface area contributed by atoms with Gasteiger partial charge in [-0.25, -0.2) is 0 Å². The van der Waals surface area contributed by atoms with Crippen molar-refractivity contribution in [2.75, 3.05) is 32.2 Å². The van der Waals surface area contributed by atoms with Crippen molar-refractivity contribution in [3.05, 3.63) is 22.2 Å². The third-order valence-electron chi connectivity index (χ3n) is 3.12. The smallest absolute Gasteiger partial charge is 0.296 e. The molecule has 6 heteroatoms. The van der Waals surface area contributed by atoms with E-state index in [1.54, 1.807) is 6.07 Å². The predicted octanol–water partition coefficient (Wildman–Crippen LogP) is 2.21. The first kappa shape index (κ1) is 12.5. The van der Waals surface area contributed by atoms with Crippen LogP contribution in [0.3, 0.4) is 0 Å². The number of rotatable bonds is 4. The average Bonchev–Trinajstić information content (AvgIpc) is 2.90. The highest BCUT2D eigenvalue weighted by atomic mass is 16.6. The van der Waals surface area contributed by atoms with Crippen molar-refractivity contribution >= 4 is 11.4 Å². The number of ether oxygens (including phenoxy) is 2. The lowest BCUT2D eigenvalue weighted by Crippen LogP contribution is -2.19. The van der Waals surface area contributed by atoms with Gasteiger partial charge in [-0.1, -0.05) is 0 Å². The van der Waals surface area contributed by atoms with Crippen molar-refractivity contribution < 1.29 is 14.4 Å². The fraction of sp³-hybridized carbons (Fsp3) is 0.500. The lowest BCUT2D eigenvalue weighted by Gasteiger charge is -2.19. The van der Waals surface area contributed by atoms with Gasteiger partial charge in [0, 0.05) is 19.2 Å². The van der Waals surface area contributed by atoms with Crippen molar-refractivity contribution in [2.24, 2.45) is 0 Å². The first-order valence-electron chi connectivity index (χ1n) is 5.82. The highest BCUT2D eigenvalue weighted by Crippen LogP contribution is 2.40. The Labute approximate surface area is 105 Å². The van der Waals surface area contributed by atoms with Crippen LogP contribution in [-0.2, 0) is 0 Å². The minimum Gasteiger partial charge on any atom is -0.493 e. The molecule has 2 rings (SSSR count). The van der Waals surface area contributed by atoms with E-state index in [1.165, 1.54) is 20.3 Å². The quantitative estimate of drug-likeness (QED) is 0.607. The molecule has 1 aliphatic heterocycles. The van der Waals surface area contributed by atoms with E-state index in [1.807, 2.05) is 4.90 Å². The van der Waals surface area contributed by atoms with Gasteiger partial charge in [-0.2, -0.15) is 0 Å². The van der Waals surface area contributed by atoms with Gasteiger partial charge in [0.15, 0.2) is 11.5 Å². The summed E-state index contributed by atoms with van der Waals surface area (Å²) >= 11 is 0. The molecule has 1 aromatic carbocycles. The van der Waals surface area contributed by atoms with Gasteiger partial charge in [-0.15, -0.1) is 0 Å². The molecule has 0 aliphatic carbocycles. The Hall–Kier alpha value is -1.98. The van der Waals surface area contributed by atoms with Crippen LogP contribution in [0.4, 0.5) is 11.4 Å². The summed E-state index contributed by atoms with van der Waals surface area (Å²) < 4.78 is 10.3. The van der Waals surface area contributed by atoms with Gasteiger partial charge in [0.05, 0.1) is 25.2 Å². The number of methoxy groups -OCH3 is 2. The summed E-state index contributed by atoms with van der Waals surface area (Å²) in [5.74, 6) is 0.900. The number of nitro benzene ring substituents is 1. The SMILES string of the molecule is COc1cc(N2CCCC2)c([N+](=O)[O-])cc1OC. The molecule has 0 atom stereocenters. The molecule has 0 saturated carbocycles. The molecule has 0 spiro atoms. The second-order valence-corrected chi connectivity index (χ2v) is 4.15. The second-order valence-electron chi connectivity index (χ2n) is 4.15. The zero-order valence-corrected chi connectivity index (χ0v) is 10.5. The lowest BCUT2D eigenvalue weighted by atomic mass is 10.2. The van der Waals surface area contributed by atoms with Gasteiger partial charge in [0.1, 0.15) is 5.69 Å². The predicted molar refractivity (Wildman–Crippen MR) is 67.6 cm³/mol. The van der Waals surface area contributed by atoms with Crippen LogP contribution < -0.4 is 14.4 Å². The van der Waals surface area contributed by atoms with E-state index in [0.717, 1.165) is 25.9 Å². The van der Waals surface area contributed by atoms with Crippen molar-refractivity contribution in [1.82, 2.24) is 0 Å². The van der Waals surface area contributed by atoms with Gasteiger partial charge in [0.25, 0.3) is 5.69 Å². The average molecular weight is 252 g/mol. The van der Waals surface area contributed by atoms with E-state index in [-0.39, 0.29) is 10.6 Å². The van der Waals surface area contributed by atoms with Crippen LogP contribution in [0.15, 0.2) is 12.1 Å². The number of hydrogen-bond donors (Lipinski definition) is 0. The third-order valence-corrected chi connectivity index (χ3v) is 3.12.